The van der Waals surface area contributed by atoms with Crippen molar-refractivity contribution in [2.75, 3.05) is 23.7 Å². The molecule has 8 heteroatoms. The number of anilines is 1. The Morgan fingerprint density at radius 1 is 1.00 bits per heavy atom. The van der Waals surface area contributed by atoms with E-state index in [-0.39, 0.29) is 30.0 Å². The van der Waals surface area contributed by atoms with Crippen molar-refractivity contribution >= 4 is 33.4 Å². The SMILES string of the molecule is CCN(c1ccc(OCC(=O)N[C@H](C)c2ccc(SC)cc2)cc1)S(=O)(=O)c1ccccc1. The Morgan fingerprint density at radius 2 is 1.64 bits per heavy atom. The lowest BCUT2D eigenvalue weighted by Gasteiger charge is -2.23. The van der Waals surface area contributed by atoms with Gasteiger partial charge in [0.15, 0.2) is 6.61 Å². The fourth-order valence-electron chi connectivity index (χ4n) is 3.33. The van der Waals surface area contributed by atoms with Crippen molar-refractivity contribution in [1.82, 2.24) is 5.32 Å². The highest BCUT2D eigenvalue weighted by Crippen LogP contribution is 2.25. The van der Waals surface area contributed by atoms with Crippen LogP contribution in [0.3, 0.4) is 0 Å². The van der Waals surface area contributed by atoms with Crippen LogP contribution < -0.4 is 14.4 Å². The Morgan fingerprint density at radius 3 is 2.21 bits per heavy atom. The molecule has 0 radical (unpaired) electrons. The van der Waals surface area contributed by atoms with Crippen LogP contribution in [0.2, 0.25) is 0 Å². The summed E-state index contributed by atoms with van der Waals surface area (Å²) in [7, 11) is -3.66. The Labute approximate surface area is 200 Å². The maximum atomic E-state index is 13.0. The third-order valence-electron chi connectivity index (χ3n) is 5.11. The molecule has 3 aromatic rings. The molecule has 0 saturated heterocycles. The van der Waals surface area contributed by atoms with Crippen LogP contribution in [0.1, 0.15) is 25.5 Å². The predicted molar refractivity (Wildman–Crippen MR) is 133 cm³/mol. The van der Waals surface area contributed by atoms with Crippen LogP contribution in [0, 0.1) is 0 Å². The topological polar surface area (TPSA) is 75.7 Å². The molecule has 33 heavy (non-hydrogen) atoms. The molecule has 1 amide bonds. The van der Waals surface area contributed by atoms with Crippen molar-refractivity contribution in [3.05, 3.63) is 84.4 Å². The minimum Gasteiger partial charge on any atom is -0.484 e. The summed E-state index contributed by atoms with van der Waals surface area (Å²) in [6, 6.07) is 22.9. The molecule has 6 nitrogen and oxygen atoms in total. The van der Waals surface area contributed by atoms with Crippen molar-refractivity contribution in [3.63, 3.8) is 0 Å². The first-order valence-electron chi connectivity index (χ1n) is 10.6. The molecule has 3 rings (SSSR count). The number of hydrogen-bond donors (Lipinski definition) is 1. The molecule has 174 valence electrons. The van der Waals surface area contributed by atoms with E-state index in [1.807, 2.05) is 37.4 Å². The highest BCUT2D eigenvalue weighted by Gasteiger charge is 2.23. The van der Waals surface area contributed by atoms with Crippen LogP contribution in [0.25, 0.3) is 0 Å². The first-order valence-corrected chi connectivity index (χ1v) is 13.3. The van der Waals surface area contributed by atoms with Gasteiger partial charge in [0, 0.05) is 11.4 Å². The molecule has 0 heterocycles. The molecule has 0 spiro atoms. The summed E-state index contributed by atoms with van der Waals surface area (Å²) in [5.41, 5.74) is 1.55. The van der Waals surface area contributed by atoms with Gasteiger partial charge in [-0.2, -0.15) is 0 Å². The standard InChI is InChI=1S/C25H28N2O4S2/c1-4-27(33(29,30)24-8-6-5-7-9-24)21-12-14-22(15-13-21)31-18-25(28)26-19(2)20-10-16-23(32-3)17-11-20/h5-17,19H,4,18H2,1-3H3,(H,26,28)/t19-/m1/s1. The summed E-state index contributed by atoms with van der Waals surface area (Å²) < 4.78 is 32.9. The van der Waals surface area contributed by atoms with Crippen LogP contribution in [0.4, 0.5) is 5.69 Å². The van der Waals surface area contributed by atoms with Gasteiger partial charge < -0.3 is 10.1 Å². The molecule has 0 aliphatic carbocycles. The first kappa shape index (κ1) is 24.7. The largest absolute Gasteiger partial charge is 0.484 e. The van der Waals surface area contributed by atoms with Gasteiger partial charge in [0.05, 0.1) is 16.6 Å². The average Bonchev–Trinajstić information content (AvgIpc) is 2.84. The van der Waals surface area contributed by atoms with Gasteiger partial charge in [-0.15, -0.1) is 11.8 Å². The summed E-state index contributed by atoms with van der Waals surface area (Å²) >= 11 is 1.67. The predicted octanol–water partition coefficient (Wildman–Crippen LogP) is 4.88. The zero-order valence-corrected chi connectivity index (χ0v) is 20.5. The second-order valence-electron chi connectivity index (χ2n) is 7.33. The van der Waals surface area contributed by atoms with Gasteiger partial charge in [-0.25, -0.2) is 8.42 Å². The van der Waals surface area contributed by atoms with Crippen molar-refractivity contribution in [2.45, 2.75) is 29.7 Å². The summed E-state index contributed by atoms with van der Waals surface area (Å²) in [5.74, 6) is 0.251. The maximum absolute atomic E-state index is 13.0. The summed E-state index contributed by atoms with van der Waals surface area (Å²) in [6.07, 6.45) is 2.02. The quantitative estimate of drug-likeness (QED) is 0.415. The van der Waals surface area contributed by atoms with E-state index in [2.05, 4.69) is 5.32 Å². The van der Waals surface area contributed by atoms with E-state index in [9.17, 15) is 13.2 Å². The zero-order chi connectivity index (χ0) is 23.8. The smallest absolute Gasteiger partial charge is 0.264 e. The Balaban J connectivity index is 1.59. The number of thioether (sulfide) groups is 1. The molecule has 0 saturated carbocycles. The zero-order valence-electron chi connectivity index (χ0n) is 18.9. The number of rotatable bonds is 10. The molecule has 0 fully saturated rings. The molecule has 0 aromatic heterocycles. The molecule has 3 aromatic carbocycles. The fraction of sp³-hybridized carbons (Fsp3) is 0.240. The third-order valence-corrected chi connectivity index (χ3v) is 7.77. The Bertz CT molecular complexity index is 1150. The molecule has 0 aliphatic rings. The van der Waals surface area contributed by atoms with Gasteiger partial charge in [0.25, 0.3) is 15.9 Å². The van der Waals surface area contributed by atoms with Crippen LogP contribution in [0.15, 0.2) is 88.7 Å². The van der Waals surface area contributed by atoms with Gasteiger partial charge >= 0.3 is 0 Å². The average molecular weight is 485 g/mol. The minimum atomic E-state index is -3.66. The van der Waals surface area contributed by atoms with Crippen molar-refractivity contribution < 1.29 is 17.9 Å². The Hall–Kier alpha value is -2.97. The van der Waals surface area contributed by atoms with Crippen LogP contribution in [-0.4, -0.2) is 33.7 Å². The van der Waals surface area contributed by atoms with E-state index in [1.54, 1.807) is 73.3 Å². The monoisotopic (exact) mass is 484 g/mol. The van der Waals surface area contributed by atoms with E-state index in [0.29, 0.717) is 11.4 Å². The normalized spacial score (nSPS) is 12.1. The fourth-order valence-corrected chi connectivity index (χ4v) is 5.23. The van der Waals surface area contributed by atoms with Gasteiger partial charge in [0.1, 0.15) is 5.75 Å². The second-order valence-corrected chi connectivity index (χ2v) is 10.1. The van der Waals surface area contributed by atoms with Crippen molar-refractivity contribution in [2.24, 2.45) is 0 Å². The lowest BCUT2D eigenvalue weighted by atomic mass is 10.1. The number of hydrogen-bond acceptors (Lipinski definition) is 5. The number of carbonyl (C=O) groups is 1. The van der Waals surface area contributed by atoms with Gasteiger partial charge in [-0.3, -0.25) is 9.10 Å². The molecular formula is C25H28N2O4S2. The number of benzene rings is 3. The number of sulfonamides is 1. The van der Waals surface area contributed by atoms with Crippen LogP contribution in [-0.2, 0) is 14.8 Å². The number of nitrogens with zero attached hydrogens (tertiary/aromatic N) is 1. The highest BCUT2D eigenvalue weighted by molar-refractivity contribution is 7.98. The lowest BCUT2D eigenvalue weighted by molar-refractivity contribution is -0.123. The maximum Gasteiger partial charge on any atom is 0.264 e. The molecule has 1 N–H and O–H groups in total. The van der Waals surface area contributed by atoms with Gasteiger partial charge in [-0.1, -0.05) is 30.3 Å². The van der Waals surface area contributed by atoms with Crippen molar-refractivity contribution in [3.8, 4) is 5.75 Å². The first-order chi connectivity index (χ1) is 15.8. The van der Waals surface area contributed by atoms with Gasteiger partial charge in [0.2, 0.25) is 0 Å². The molecule has 0 aliphatic heterocycles. The second kappa shape index (κ2) is 11.2. The molecule has 1 atom stereocenters. The number of ether oxygens (including phenoxy) is 1. The van der Waals surface area contributed by atoms with E-state index < -0.39 is 10.0 Å². The number of amides is 1. The van der Waals surface area contributed by atoms with Crippen molar-refractivity contribution in [1.29, 1.82) is 0 Å². The third kappa shape index (κ3) is 6.30. The summed E-state index contributed by atoms with van der Waals surface area (Å²) in [5, 5.41) is 2.92. The lowest BCUT2D eigenvalue weighted by Crippen LogP contribution is -2.31. The molecule has 0 unspecified atom stereocenters. The summed E-state index contributed by atoms with van der Waals surface area (Å²) in [4.78, 5) is 13.7. The summed E-state index contributed by atoms with van der Waals surface area (Å²) in [6.45, 7) is 3.86. The van der Waals surface area contributed by atoms with Gasteiger partial charge in [-0.05, 0) is 74.2 Å². The number of nitrogens with one attached hydrogen (secondary N) is 1. The van der Waals surface area contributed by atoms with Crippen LogP contribution in [0.5, 0.6) is 5.75 Å². The van der Waals surface area contributed by atoms with E-state index in [4.69, 9.17) is 4.74 Å². The minimum absolute atomic E-state index is 0.133. The van der Waals surface area contributed by atoms with E-state index in [0.717, 1.165) is 5.56 Å². The highest BCUT2D eigenvalue weighted by atomic mass is 32.2. The molecule has 0 bridgehead atoms. The van der Waals surface area contributed by atoms with Crippen LogP contribution >= 0.6 is 11.8 Å². The van der Waals surface area contributed by atoms with E-state index >= 15 is 0 Å². The Kier molecular flexibility index (Phi) is 8.41. The van der Waals surface area contributed by atoms with E-state index in [1.165, 1.54) is 9.20 Å². The molecular weight excluding hydrogens is 456 g/mol. The number of carbonyl (C=O) groups excluding carboxylic acids is 1.